The van der Waals surface area contributed by atoms with Crippen LogP contribution < -0.4 is 11.2 Å². The maximum atomic E-state index is 12.2. The zero-order chi connectivity index (χ0) is 21.5. The van der Waals surface area contributed by atoms with Crippen molar-refractivity contribution in [3.63, 3.8) is 0 Å². The normalized spacial score (nSPS) is 16.1. The van der Waals surface area contributed by atoms with E-state index >= 15 is 0 Å². The summed E-state index contributed by atoms with van der Waals surface area (Å²) in [7, 11) is 0. The van der Waals surface area contributed by atoms with E-state index in [1.807, 2.05) is 4.98 Å². The van der Waals surface area contributed by atoms with Crippen molar-refractivity contribution in [1.29, 1.82) is 0 Å². The average Bonchev–Trinajstić information content (AvgIpc) is 2.68. The molecule has 0 radical (unpaired) electrons. The molecule has 0 spiro atoms. The van der Waals surface area contributed by atoms with Gasteiger partial charge >= 0.3 is 5.69 Å². The zero-order valence-electron chi connectivity index (χ0n) is 14.5. The van der Waals surface area contributed by atoms with Crippen LogP contribution in [0.1, 0.15) is 0 Å². The summed E-state index contributed by atoms with van der Waals surface area (Å²) in [4.78, 5) is 33.7. The third-order valence-electron chi connectivity index (χ3n) is 4.35. The summed E-state index contributed by atoms with van der Waals surface area (Å²) >= 11 is 12.0. The van der Waals surface area contributed by atoms with E-state index in [4.69, 9.17) is 28.3 Å². The van der Waals surface area contributed by atoms with Gasteiger partial charge in [-0.15, -0.1) is 0 Å². The number of hydrogen-bond donors (Lipinski definition) is 6. The number of benzene rings is 1. The first kappa shape index (κ1) is 21.6. The van der Waals surface area contributed by atoms with E-state index in [9.17, 15) is 30.0 Å². The molecular weight excluding hydrogens is 431 g/mol. The van der Waals surface area contributed by atoms with E-state index in [1.165, 1.54) is 16.7 Å². The van der Waals surface area contributed by atoms with E-state index in [1.54, 1.807) is 0 Å². The first-order chi connectivity index (χ1) is 13.6. The molecular formula is C16H16Cl2N4O7. The molecule has 156 valence electrons. The molecule has 2 aliphatic heterocycles. The van der Waals surface area contributed by atoms with Crippen LogP contribution in [0.3, 0.4) is 0 Å². The minimum Gasteiger partial charge on any atom is -0.394 e. The first-order valence-corrected chi connectivity index (χ1v) is 9.02. The third-order valence-corrected chi connectivity index (χ3v) is 5.07. The monoisotopic (exact) mass is 446 g/mol. The minimum atomic E-state index is -1.88. The summed E-state index contributed by atoms with van der Waals surface area (Å²) in [6, 6.07) is 2.74. The Balaban J connectivity index is 2.19. The number of fused-ring (bicyclic) bond motifs is 2. The molecule has 0 amide bonds. The Morgan fingerprint density at radius 1 is 1.00 bits per heavy atom. The molecule has 6 N–H and O–H groups in total. The Hall–Kier alpha value is -2.12. The molecule has 0 unspecified atom stereocenters. The van der Waals surface area contributed by atoms with Gasteiger partial charge in [0, 0.05) is 0 Å². The van der Waals surface area contributed by atoms with Crippen molar-refractivity contribution in [2.45, 2.75) is 31.0 Å². The van der Waals surface area contributed by atoms with E-state index < -0.39 is 48.8 Å². The lowest BCUT2D eigenvalue weighted by Gasteiger charge is -2.27. The van der Waals surface area contributed by atoms with E-state index in [2.05, 4.69) is 9.97 Å². The summed E-state index contributed by atoms with van der Waals surface area (Å²) in [5, 5.41) is 48.9. The zero-order valence-corrected chi connectivity index (χ0v) is 16.0. The van der Waals surface area contributed by atoms with Crippen LogP contribution in [0.15, 0.2) is 21.7 Å². The van der Waals surface area contributed by atoms with E-state index in [0.717, 1.165) is 0 Å². The SMILES string of the molecule is O=c1nc2n(C[C@H](O)[C@@H](O)[C@H](O)[C@H](O)CO)c3cc(Cl)c(Cl)cc3nc-2c(=O)[nH]1. The highest BCUT2D eigenvalue weighted by molar-refractivity contribution is 6.42. The predicted molar refractivity (Wildman–Crippen MR) is 102 cm³/mol. The van der Waals surface area contributed by atoms with E-state index in [0.29, 0.717) is 0 Å². The lowest BCUT2D eigenvalue weighted by molar-refractivity contribution is -0.117. The molecule has 0 aromatic heterocycles. The molecule has 2 heterocycles. The molecule has 0 aliphatic carbocycles. The molecule has 1 aromatic carbocycles. The molecule has 11 nitrogen and oxygen atoms in total. The number of aliphatic hydroxyl groups is 5. The molecule has 0 bridgehead atoms. The van der Waals surface area contributed by atoms with Gasteiger partial charge in [-0.05, 0) is 12.1 Å². The van der Waals surface area contributed by atoms with Crippen LogP contribution in [0.2, 0.25) is 10.0 Å². The standard InChI is InChI=1S/C16H16Cl2N4O7/c17-5-1-7-8(2-6(5)18)22(3-9(24)12(26)13(27)10(25)4-23)14-11(19-7)15(28)21-16(29)20-14/h1-2,9-10,12-13,23-27H,3-4H2,(H,21,28,29)/t9-,10+,12+,13+/m0/s1. The smallest absolute Gasteiger partial charge is 0.349 e. The summed E-state index contributed by atoms with van der Waals surface area (Å²) in [6.45, 7) is -1.32. The fraction of sp³-hybridized carbons (Fsp3) is 0.375. The van der Waals surface area contributed by atoms with Crippen molar-refractivity contribution >= 4 is 34.2 Å². The van der Waals surface area contributed by atoms with Crippen LogP contribution >= 0.6 is 23.2 Å². The largest absolute Gasteiger partial charge is 0.394 e. The van der Waals surface area contributed by atoms with Crippen LogP contribution in [-0.2, 0) is 6.54 Å². The fourth-order valence-corrected chi connectivity index (χ4v) is 3.15. The number of H-pyrrole nitrogens is 1. The molecule has 0 saturated heterocycles. The van der Waals surface area contributed by atoms with Crippen LogP contribution in [0.4, 0.5) is 0 Å². The second-order valence-corrected chi connectivity index (χ2v) is 7.13. The Bertz CT molecular complexity index is 1130. The molecule has 0 fully saturated rings. The van der Waals surface area contributed by atoms with Crippen molar-refractivity contribution in [3.8, 4) is 11.5 Å². The van der Waals surface area contributed by atoms with Gasteiger partial charge < -0.3 is 30.1 Å². The number of aromatic nitrogens is 4. The minimum absolute atomic E-state index is 0.118. The molecule has 4 atom stereocenters. The first-order valence-electron chi connectivity index (χ1n) is 8.26. The summed E-state index contributed by atoms with van der Waals surface area (Å²) in [5.41, 5.74) is -1.59. The molecule has 0 saturated carbocycles. The highest BCUT2D eigenvalue weighted by atomic mass is 35.5. The number of halogens is 2. The van der Waals surface area contributed by atoms with Crippen LogP contribution in [0.25, 0.3) is 22.6 Å². The number of rotatable bonds is 6. The van der Waals surface area contributed by atoms with Crippen LogP contribution in [0.5, 0.6) is 0 Å². The summed E-state index contributed by atoms with van der Waals surface area (Å²) < 4.78 is 1.21. The van der Waals surface area contributed by atoms with Crippen molar-refractivity contribution in [3.05, 3.63) is 43.0 Å². The number of aromatic amines is 1. The Morgan fingerprint density at radius 3 is 2.28 bits per heavy atom. The Kier molecular flexibility index (Phi) is 6.19. The predicted octanol–water partition coefficient (Wildman–Crippen LogP) is -1.67. The number of nitrogens with zero attached hydrogens (tertiary/aromatic N) is 3. The quantitative estimate of drug-likeness (QED) is 0.241. The second kappa shape index (κ2) is 8.32. The Morgan fingerprint density at radius 2 is 1.62 bits per heavy atom. The Labute approximate surface area is 171 Å². The van der Waals surface area contributed by atoms with Gasteiger partial charge in [-0.3, -0.25) is 9.78 Å². The maximum absolute atomic E-state index is 12.2. The van der Waals surface area contributed by atoms with Crippen LogP contribution in [-0.4, -0.2) is 76.1 Å². The molecule has 3 rings (SSSR count). The van der Waals surface area contributed by atoms with Gasteiger partial charge in [-0.2, -0.15) is 4.98 Å². The second-order valence-electron chi connectivity index (χ2n) is 6.32. The topological polar surface area (TPSA) is 182 Å². The summed E-state index contributed by atoms with van der Waals surface area (Å²) in [6.07, 6.45) is -7.13. The van der Waals surface area contributed by atoms with Gasteiger partial charge in [-0.25, -0.2) is 9.78 Å². The highest BCUT2D eigenvalue weighted by Gasteiger charge is 2.31. The average molecular weight is 447 g/mol. The fourth-order valence-electron chi connectivity index (χ4n) is 2.83. The lowest BCUT2D eigenvalue weighted by atomic mass is 10.0. The molecule has 13 heteroatoms. The third kappa shape index (κ3) is 4.12. The van der Waals surface area contributed by atoms with Gasteiger partial charge in [0.25, 0.3) is 5.56 Å². The summed E-state index contributed by atoms with van der Waals surface area (Å²) in [5.74, 6) is -0.201. The number of aliphatic hydroxyl groups excluding tert-OH is 5. The lowest BCUT2D eigenvalue weighted by Crippen LogP contribution is -2.47. The number of hydrogen-bond acceptors (Lipinski definition) is 9. The number of nitrogens with one attached hydrogen (secondary N) is 1. The maximum Gasteiger partial charge on any atom is 0.349 e. The van der Waals surface area contributed by atoms with Gasteiger partial charge in [0.1, 0.15) is 24.4 Å². The molecule has 1 aromatic rings. The van der Waals surface area contributed by atoms with Crippen molar-refractivity contribution < 1.29 is 25.5 Å². The van der Waals surface area contributed by atoms with Crippen molar-refractivity contribution in [2.75, 3.05) is 6.61 Å². The van der Waals surface area contributed by atoms with Gasteiger partial charge in [0.2, 0.25) is 0 Å². The molecule has 2 aliphatic rings. The van der Waals surface area contributed by atoms with Gasteiger partial charge in [0.05, 0.1) is 34.2 Å². The van der Waals surface area contributed by atoms with Gasteiger partial charge in [-0.1, -0.05) is 23.2 Å². The van der Waals surface area contributed by atoms with Gasteiger partial charge in [0.15, 0.2) is 11.5 Å². The molecule has 29 heavy (non-hydrogen) atoms. The highest BCUT2D eigenvalue weighted by Crippen LogP contribution is 2.30. The van der Waals surface area contributed by atoms with Crippen molar-refractivity contribution in [1.82, 2.24) is 19.5 Å². The van der Waals surface area contributed by atoms with Crippen LogP contribution in [0, 0.1) is 0 Å². The van der Waals surface area contributed by atoms with Crippen molar-refractivity contribution in [2.24, 2.45) is 0 Å². The van der Waals surface area contributed by atoms with E-state index in [-0.39, 0.29) is 32.6 Å².